The van der Waals surface area contributed by atoms with Gasteiger partial charge in [-0.3, -0.25) is 4.79 Å². The zero-order chi connectivity index (χ0) is 15.6. The van der Waals surface area contributed by atoms with Crippen LogP contribution in [0, 0.1) is 6.92 Å². The molecule has 1 aromatic rings. The number of nitrogens with one attached hydrogen (secondary N) is 1. The first-order valence-electron chi connectivity index (χ1n) is 6.84. The van der Waals surface area contributed by atoms with Gasteiger partial charge in [0.2, 0.25) is 11.2 Å². The Labute approximate surface area is 128 Å². The van der Waals surface area contributed by atoms with Crippen LogP contribution in [0.1, 0.15) is 19.5 Å². The second-order valence-electron chi connectivity index (χ2n) is 5.26. The van der Waals surface area contributed by atoms with Crippen LogP contribution < -0.4 is 16.0 Å². The van der Waals surface area contributed by atoms with Crippen LogP contribution in [0.25, 0.3) is 0 Å². The third-order valence-electron chi connectivity index (χ3n) is 3.22. The highest BCUT2D eigenvalue weighted by Crippen LogP contribution is 2.27. The minimum atomic E-state index is -0.478. The first-order valence-corrected chi connectivity index (χ1v) is 7.22. The highest BCUT2D eigenvalue weighted by molar-refractivity contribution is 6.28. The van der Waals surface area contributed by atoms with Crippen molar-refractivity contribution in [1.29, 1.82) is 0 Å². The number of carbonyl (C=O) groups is 1. The second kappa shape index (κ2) is 6.44. The van der Waals surface area contributed by atoms with Crippen molar-refractivity contribution in [3.8, 4) is 0 Å². The van der Waals surface area contributed by atoms with E-state index in [1.54, 1.807) is 6.92 Å². The van der Waals surface area contributed by atoms with E-state index >= 15 is 0 Å². The highest BCUT2D eigenvalue weighted by atomic mass is 35.5. The van der Waals surface area contributed by atoms with Crippen molar-refractivity contribution in [3.63, 3.8) is 0 Å². The minimum Gasteiger partial charge on any atom is -0.394 e. The largest absolute Gasteiger partial charge is 0.394 e. The average molecular weight is 314 g/mol. The number of aryl methyl sites for hydroxylation is 1. The van der Waals surface area contributed by atoms with Crippen LogP contribution in [0.3, 0.4) is 0 Å². The summed E-state index contributed by atoms with van der Waals surface area (Å²) >= 11 is 5.92. The van der Waals surface area contributed by atoms with E-state index in [1.165, 1.54) is 0 Å². The fourth-order valence-electron chi connectivity index (χ4n) is 2.21. The van der Waals surface area contributed by atoms with E-state index in [2.05, 4.69) is 15.3 Å². The van der Waals surface area contributed by atoms with Crippen molar-refractivity contribution in [1.82, 2.24) is 15.3 Å². The molecule has 2 heterocycles. The molecular weight excluding hydrogens is 294 g/mol. The molecule has 1 fully saturated rings. The molecule has 1 atom stereocenters. The lowest BCUT2D eigenvalue weighted by Crippen LogP contribution is -2.55. The van der Waals surface area contributed by atoms with Crippen LogP contribution in [0.5, 0.6) is 0 Å². The maximum Gasteiger partial charge on any atom is 0.245 e. The smallest absolute Gasteiger partial charge is 0.245 e. The summed E-state index contributed by atoms with van der Waals surface area (Å²) in [6.45, 7) is 6.89. The molecular formula is C13H20ClN5O2. The van der Waals surface area contributed by atoms with E-state index in [4.69, 9.17) is 22.1 Å². The lowest BCUT2D eigenvalue weighted by molar-refractivity contribution is -0.125. The molecule has 0 saturated carbocycles. The van der Waals surface area contributed by atoms with E-state index in [1.807, 2.05) is 18.7 Å². The van der Waals surface area contributed by atoms with Gasteiger partial charge >= 0.3 is 0 Å². The number of nitrogens with zero attached hydrogens (tertiary/aromatic N) is 3. The van der Waals surface area contributed by atoms with Gasteiger partial charge in [-0.15, -0.1) is 0 Å². The van der Waals surface area contributed by atoms with Gasteiger partial charge in [0.25, 0.3) is 0 Å². The van der Waals surface area contributed by atoms with Crippen molar-refractivity contribution < 1.29 is 9.53 Å². The summed E-state index contributed by atoms with van der Waals surface area (Å²) < 4.78 is 5.42. The Morgan fingerprint density at radius 3 is 2.90 bits per heavy atom. The summed E-state index contributed by atoms with van der Waals surface area (Å²) in [6, 6.07) is -0.428. The lowest BCUT2D eigenvalue weighted by atomic mass is 10.2. The van der Waals surface area contributed by atoms with Crippen LogP contribution in [-0.2, 0) is 9.53 Å². The van der Waals surface area contributed by atoms with Crippen LogP contribution in [0.15, 0.2) is 0 Å². The van der Waals surface area contributed by atoms with Crippen molar-refractivity contribution in [2.45, 2.75) is 32.9 Å². The maximum absolute atomic E-state index is 12.3. The number of nitrogen functional groups attached to an aromatic ring is 1. The fourth-order valence-corrected chi connectivity index (χ4v) is 2.41. The Morgan fingerprint density at radius 1 is 1.52 bits per heavy atom. The maximum atomic E-state index is 12.3. The van der Waals surface area contributed by atoms with E-state index in [0.29, 0.717) is 37.0 Å². The zero-order valence-electron chi connectivity index (χ0n) is 12.4. The minimum absolute atomic E-state index is 0.0503. The van der Waals surface area contributed by atoms with Gasteiger partial charge in [-0.25, -0.2) is 4.98 Å². The van der Waals surface area contributed by atoms with E-state index < -0.39 is 6.04 Å². The van der Waals surface area contributed by atoms with Gasteiger partial charge < -0.3 is 20.7 Å². The van der Waals surface area contributed by atoms with Crippen LogP contribution in [0.4, 0.5) is 11.5 Å². The number of hydrogen-bond donors (Lipinski definition) is 2. The molecule has 0 spiro atoms. The Balaban J connectivity index is 2.33. The molecule has 0 radical (unpaired) electrons. The molecule has 1 aromatic heterocycles. The Kier molecular flexibility index (Phi) is 4.84. The molecule has 1 unspecified atom stereocenters. The second-order valence-corrected chi connectivity index (χ2v) is 5.60. The van der Waals surface area contributed by atoms with E-state index in [9.17, 15) is 4.79 Å². The molecule has 1 aliphatic heterocycles. The number of aromatic nitrogens is 2. The quantitative estimate of drug-likeness (QED) is 0.800. The van der Waals surface area contributed by atoms with Gasteiger partial charge in [-0.05, 0) is 32.4 Å². The normalized spacial score (nSPS) is 18.9. The van der Waals surface area contributed by atoms with Gasteiger partial charge in [-0.2, -0.15) is 4.98 Å². The Bertz CT molecular complexity index is 538. The zero-order valence-corrected chi connectivity index (χ0v) is 13.1. The predicted octanol–water partition coefficient (Wildman–Crippen LogP) is 0.750. The molecule has 8 heteroatoms. The first kappa shape index (κ1) is 15.8. The summed E-state index contributed by atoms with van der Waals surface area (Å²) in [6.07, 6.45) is 0. The number of nitrogens with two attached hydrogens (primary N) is 1. The average Bonchev–Trinajstić information content (AvgIpc) is 2.42. The number of rotatable bonds is 3. The number of anilines is 2. The molecule has 7 nitrogen and oxygen atoms in total. The molecule has 2 rings (SSSR count). The number of carbonyl (C=O) groups excluding carboxylic acids is 1. The van der Waals surface area contributed by atoms with Crippen LogP contribution in [0.2, 0.25) is 5.28 Å². The molecule has 0 aromatic carbocycles. The van der Waals surface area contributed by atoms with Gasteiger partial charge in [0.1, 0.15) is 6.04 Å². The number of amides is 1. The van der Waals surface area contributed by atoms with Crippen molar-refractivity contribution in [2.75, 3.05) is 30.4 Å². The molecule has 1 saturated heterocycles. The third-order valence-corrected chi connectivity index (χ3v) is 3.39. The predicted molar refractivity (Wildman–Crippen MR) is 81.4 cm³/mol. The Morgan fingerprint density at radius 2 is 2.24 bits per heavy atom. The summed E-state index contributed by atoms with van der Waals surface area (Å²) in [7, 11) is 0. The molecule has 3 N–H and O–H groups in total. The molecule has 116 valence electrons. The number of ether oxygens (including phenoxy) is 1. The number of morpholine rings is 1. The molecule has 0 bridgehead atoms. The van der Waals surface area contributed by atoms with Crippen molar-refractivity contribution >= 4 is 29.0 Å². The molecule has 1 amide bonds. The summed E-state index contributed by atoms with van der Waals surface area (Å²) in [5.74, 6) is 0.371. The number of halogens is 1. The van der Waals surface area contributed by atoms with E-state index in [-0.39, 0.29) is 17.2 Å². The summed E-state index contributed by atoms with van der Waals surface area (Å²) in [5, 5.41) is 3.00. The summed E-state index contributed by atoms with van der Waals surface area (Å²) in [4.78, 5) is 22.4. The topological polar surface area (TPSA) is 93.4 Å². The molecule has 1 aliphatic rings. The SMILES string of the molecule is Cc1nc(Cl)nc(N2CCOCC2C(=O)NC(C)C)c1N. The Hall–Kier alpha value is -1.60. The standard InChI is InChI=1S/C13H20ClN5O2/c1-7(2)16-12(20)9-6-21-5-4-19(9)11-10(15)8(3)17-13(14)18-11/h7,9H,4-6,15H2,1-3H3,(H,16,20). The van der Waals surface area contributed by atoms with Gasteiger partial charge in [0, 0.05) is 12.6 Å². The first-order chi connectivity index (χ1) is 9.90. The number of hydrogen-bond acceptors (Lipinski definition) is 6. The monoisotopic (exact) mass is 313 g/mol. The highest BCUT2D eigenvalue weighted by Gasteiger charge is 2.32. The van der Waals surface area contributed by atoms with Gasteiger partial charge in [0.05, 0.1) is 24.6 Å². The molecule has 0 aliphatic carbocycles. The van der Waals surface area contributed by atoms with Gasteiger partial charge in [0.15, 0.2) is 5.82 Å². The summed E-state index contributed by atoms with van der Waals surface area (Å²) in [5.41, 5.74) is 7.08. The van der Waals surface area contributed by atoms with E-state index in [0.717, 1.165) is 0 Å². The van der Waals surface area contributed by atoms with Crippen LogP contribution in [-0.4, -0.2) is 47.7 Å². The van der Waals surface area contributed by atoms with Crippen molar-refractivity contribution in [2.24, 2.45) is 0 Å². The lowest BCUT2D eigenvalue weighted by Gasteiger charge is -2.36. The molecule has 21 heavy (non-hydrogen) atoms. The van der Waals surface area contributed by atoms with Crippen molar-refractivity contribution in [3.05, 3.63) is 11.0 Å². The fraction of sp³-hybridized carbons (Fsp3) is 0.615. The third kappa shape index (κ3) is 3.54. The van der Waals surface area contributed by atoms with Gasteiger partial charge in [-0.1, -0.05) is 0 Å². The van der Waals surface area contributed by atoms with Crippen LogP contribution >= 0.6 is 11.6 Å².